The monoisotopic (exact) mass is 496 g/mol. The van der Waals surface area contributed by atoms with E-state index in [0.29, 0.717) is 30.8 Å². The van der Waals surface area contributed by atoms with Crippen LogP contribution in [0.1, 0.15) is 61.3 Å². The maximum atomic E-state index is 14.5. The van der Waals surface area contributed by atoms with Gasteiger partial charge in [0.05, 0.1) is 23.2 Å². The Morgan fingerprint density at radius 2 is 1.81 bits per heavy atom. The Morgan fingerprint density at radius 3 is 2.50 bits per heavy atom. The highest BCUT2D eigenvalue weighted by atomic mass is 16.5. The van der Waals surface area contributed by atoms with Crippen LogP contribution in [0.5, 0.6) is 0 Å². The Hall–Kier alpha value is -2.11. The molecule has 5 nitrogen and oxygen atoms in total. The molecule has 0 amide bonds. The highest BCUT2D eigenvalue weighted by Crippen LogP contribution is 2.57. The Kier molecular flexibility index (Phi) is 7.47. The topological polar surface area (TPSA) is 76.0 Å². The molecule has 2 N–H and O–H groups in total. The van der Waals surface area contributed by atoms with Gasteiger partial charge in [0.2, 0.25) is 0 Å². The lowest BCUT2D eigenvalue weighted by atomic mass is 9.54. The Labute approximate surface area is 216 Å². The van der Waals surface area contributed by atoms with Gasteiger partial charge in [0.15, 0.2) is 5.78 Å². The van der Waals surface area contributed by atoms with Crippen molar-refractivity contribution in [2.75, 3.05) is 6.61 Å². The van der Waals surface area contributed by atoms with Crippen molar-refractivity contribution in [1.29, 1.82) is 0 Å². The second kappa shape index (κ2) is 9.98. The average molecular weight is 497 g/mol. The van der Waals surface area contributed by atoms with Gasteiger partial charge >= 0.3 is 0 Å². The van der Waals surface area contributed by atoms with Gasteiger partial charge in [0.1, 0.15) is 17.6 Å². The van der Waals surface area contributed by atoms with Crippen LogP contribution in [0, 0.1) is 40.9 Å². The van der Waals surface area contributed by atoms with Crippen molar-refractivity contribution < 1.29 is 24.5 Å². The highest BCUT2D eigenvalue weighted by Gasteiger charge is 2.56. The number of carbonyl (C=O) groups is 1. The van der Waals surface area contributed by atoms with Gasteiger partial charge < -0.3 is 19.7 Å². The van der Waals surface area contributed by atoms with Crippen LogP contribution in [0.4, 0.5) is 0 Å². The van der Waals surface area contributed by atoms with Gasteiger partial charge in [-0.05, 0) is 81.8 Å². The minimum absolute atomic E-state index is 0.0126. The third kappa shape index (κ3) is 4.77. The van der Waals surface area contributed by atoms with Crippen molar-refractivity contribution in [1.82, 2.24) is 0 Å². The molecule has 3 aliphatic carbocycles. The van der Waals surface area contributed by atoms with Crippen molar-refractivity contribution in [3.63, 3.8) is 0 Å². The van der Waals surface area contributed by atoms with Gasteiger partial charge in [-0.2, -0.15) is 0 Å². The lowest BCUT2D eigenvalue weighted by molar-refractivity contribution is -0.127. The summed E-state index contributed by atoms with van der Waals surface area (Å²) >= 11 is 0. The molecular formula is C31H44O5. The lowest BCUT2D eigenvalue weighted by Crippen LogP contribution is -2.48. The summed E-state index contributed by atoms with van der Waals surface area (Å²) < 4.78 is 12.2. The molecular weight excluding hydrogens is 452 g/mol. The molecule has 1 aliphatic heterocycles. The number of ketones is 1. The van der Waals surface area contributed by atoms with Crippen LogP contribution in [-0.2, 0) is 14.3 Å². The van der Waals surface area contributed by atoms with Crippen molar-refractivity contribution in [3.05, 3.63) is 59.6 Å². The molecule has 2 bridgehead atoms. The second-order valence-corrected chi connectivity index (χ2v) is 12.1. The normalized spacial score (nSPS) is 46.8. The molecule has 4 aliphatic rings. The molecule has 1 fully saturated rings. The van der Waals surface area contributed by atoms with Crippen LogP contribution < -0.4 is 0 Å². The number of hydrogen-bond acceptors (Lipinski definition) is 5. The number of aliphatic hydroxyl groups is 2. The molecule has 0 saturated heterocycles. The first kappa shape index (κ1) is 26.9. The number of hydrogen-bond donors (Lipinski definition) is 2. The molecule has 0 spiro atoms. The summed E-state index contributed by atoms with van der Waals surface area (Å²) in [4.78, 5) is 14.5. The number of fused-ring (bicyclic) bond motifs is 4. The fourth-order valence-electron chi connectivity index (χ4n) is 7.37. The zero-order valence-electron chi connectivity index (χ0n) is 22.9. The Morgan fingerprint density at radius 1 is 1.11 bits per heavy atom. The van der Waals surface area contributed by atoms with Gasteiger partial charge in [-0.3, -0.25) is 4.79 Å². The predicted molar refractivity (Wildman–Crippen MR) is 142 cm³/mol. The first-order valence-electron chi connectivity index (χ1n) is 13.6. The number of carbonyl (C=O) groups excluding carboxylic acids is 1. The molecule has 0 radical (unpaired) electrons. The molecule has 10 atom stereocenters. The smallest absolute Gasteiger partial charge is 0.170 e. The second-order valence-electron chi connectivity index (χ2n) is 12.1. The number of allylic oxidation sites excluding steroid dienone is 7. The molecule has 36 heavy (non-hydrogen) atoms. The quantitative estimate of drug-likeness (QED) is 0.453. The van der Waals surface area contributed by atoms with Crippen molar-refractivity contribution in [2.45, 2.75) is 79.1 Å². The average Bonchev–Trinajstić information content (AvgIpc) is 3.03. The van der Waals surface area contributed by atoms with Crippen LogP contribution in [0.15, 0.2) is 59.6 Å². The fraction of sp³-hybridized carbons (Fsp3) is 0.645. The van der Waals surface area contributed by atoms with Gasteiger partial charge in [-0.1, -0.05) is 51.2 Å². The van der Waals surface area contributed by atoms with Crippen LogP contribution in [-0.4, -0.2) is 40.4 Å². The number of Topliss-reactive ketones (excluding diaryl/α,β-unsaturated/α-hetero) is 1. The van der Waals surface area contributed by atoms with Crippen LogP contribution in [0.3, 0.4) is 0 Å². The van der Waals surface area contributed by atoms with Gasteiger partial charge in [-0.15, -0.1) is 0 Å². The van der Waals surface area contributed by atoms with E-state index in [9.17, 15) is 15.0 Å². The van der Waals surface area contributed by atoms with E-state index in [1.54, 1.807) is 6.08 Å². The van der Waals surface area contributed by atoms with Crippen molar-refractivity contribution in [3.8, 4) is 0 Å². The minimum Gasteiger partial charge on any atom is -0.511 e. The summed E-state index contributed by atoms with van der Waals surface area (Å²) in [6.45, 7) is 14.7. The van der Waals surface area contributed by atoms with E-state index >= 15 is 0 Å². The summed E-state index contributed by atoms with van der Waals surface area (Å²) in [5, 5.41) is 22.6. The van der Waals surface area contributed by atoms with Crippen LogP contribution in [0.25, 0.3) is 0 Å². The lowest BCUT2D eigenvalue weighted by Gasteiger charge is -2.49. The third-order valence-electron chi connectivity index (χ3n) is 9.07. The molecule has 5 heteroatoms. The minimum atomic E-state index is -1.01. The van der Waals surface area contributed by atoms with E-state index in [2.05, 4.69) is 39.0 Å². The SMILES string of the molecule is CCOC1C[C@@H](C)[C@H]2[C@@H]3C(=O)C4=C(O)[C@H](C)C(=C4)O[C@@H](C)/C=C/C=C\[C@@H](C)[C@@H]3C=C[C@]2(C)C[C@@]1(C)O. The largest absolute Gasteiger partial charge is 0.511 e. The van der Waals surface area contributed by atoms with Crippen molar-refractivity contribution in [2.24, 2.45) is 40.9 Å². The molecule has 198 valence electrons. The first-order valence-corrected chi connectivity index (χ1v) is 13.6. The van der Waals surface area contributed by atoms with Gasteiger partial charge in [0, 0.05) is 12.5 Å². The van der Waals surface area contributed by atoms with Crippen molar-refractivity contribution >= 4 is 5.78 Å². The van der Waals surface area contributed by atoms with E-state index in [1.807, 2.05) is 45.9 Å². The molecule has 0 aromatic rings. The molecule has 1 unspecified atom stereocenters. The third-order valence-corrected chi connectivity index (χ3v) is 9.07. The van der Waals surface area contributed by atoms with E-state index in [-0.39, 0.29) is 64.7 Å². The first-order chi connectivity index (χ1) is 16.9. The number of ether oxygens (including phenoxy) is 2. The van der Waals surface area contributed by atoms with E-state index < -0.39 is 5.60 Å². The van der Waals surface area contributed by atoms with Gasteiger partial charge in [-0.25, -0.2) is 0 Å². The fourth-order valence-corrected chi connectivity index (χ4v) is 7.37. The van der Waals surface area contributed by atoms with E-state index in [1.165, 1.54) is 0 Å². The van der Waals surface area contributed by atoms with Gasteiger partial charge in [0.25, 0.3) is 0 Å². The summed E-state index contributed by atoms with van der Waals surface area (Å²) in [5.74, 6) is 0.224. The summed E-state index contributed by atoms with van der Waals surface area (Å²) in [5.41, 5.74) is -1.02. The molecule has 4 rings (SSSR count). The molecule has 1 saturated carbocycles. The number of aliphatic hydroxyl groups excluding tert-OH is 1. The Balaban J connectivity index is 1.86. The van der Waals surface area contributed by atoms with E-state index in [0.717, 1.165) is 0 Å². The predicted octanol–water partition coefficient (Wildman–Crippen LogP) is 6.08. The Bertz CT molecular complexity index is 1010. The zero-order chi connectivity index (χ0) is 26.4. The highest BCUT2D eigenvalue weighted by molar-refractivity contribution is 6.01. The zero-order valence-corrected chi connectivity index (χ0v) is 22.9. The summed E-state index contributed by atoms with van der Waals surface area (Å²) in [6.07, 6.45) is 15.1. The maximum Gasteiger partial charge on any atom is 0.170 e. The van der Waals surface area contributed by atoms with E-state index in [4.69, 9.17) is 9.47 Å². The molecule has 0 aromatic carbocycles. The summed E-state index contributed by atoms with van der Waals surface area (Å²) in [6, 6.07) is 0. The van der Waals surface area contributed by atoms with Crippen LogP contribution >= 0.6 is 0 Å². The number of rotatable bonds is 2. The standard InChI is InChI=1S/C31H44O5/c1-8-35-25-15-19(3)27-26-22(13-14-30(27,6)17-31(25,7)34)18(2)11-9-10-12-20(4)36-24-16-23(29(26)33)28(32)21(24)5/h9-14,16,18-22,25-27,32,34H,8,15,17H2,1-7H3/b11-9-,12-10+/t18-,19-,20+,21-,22+,25?,26-,27+,30-,31-/m1/s1. The maximum absolute atomic E-state index is 14.5. The molecule has 1 heterocycles. The van der Waals surface area contributed by atoms with Crippen LogP contribution in [0.2, 0.25) is 0 Å². The molecule has 0 aromatic heterocycles. The summed E-state index contributed by atoms with van der Waals surface area (Å²) in [7, 11) is 0.